The maximum absolute atomic E-state index is 5.86. The van der Waals surface area contributed by atoms with E-state index < -0.39 is 0 Å². The average Bonchev–Trinajstić information content (AvgIpc) is 3.11. The van der Waals surface area contributed by atoms with E-state index in [2.05, 4.69) is 97.1 Å². The van der Waals surface area contributed by atoms with E-state index in [1.807, 2.05) is 54.6 Å². The van der Waals surface area contributed by atoms with Crippen molar-refractivity contribution in [2.75, 3.05) is 11.5 Å². The van der Waals surface area contributed by atoms with E-state index in [1.165, 1.54) is 4.90 Å². The Hall–Kier alpha value is -5.02. The molecule has 6 aromatic carbocycles. The van der Waals surface area contributed by atoms with Crippen LogP contribution in [0.4, 0.5) is 11.4 Å². The third-order valence-corrected chi connectivity index (χ3v) is 10.2. The second kappa shape index (κ2) is 14.2. The summed E-state index contributed by atoms with van der Waals surface area (Å²) < 4.78 is 0. The maximum Gasteiger partial charge on any atom is 0.164 e. The molecule has 4 N–H and O–H groups in total. The van der Waals surface area contributed by atoms with Crippen molar-refractivity contribution in [3.8, 4) is 34.2 Å². The monoisotopic (exact) mass is 663 g/mol. The quantitative estimate of drug-likeness (QED) is 0.148. The van der Waals surface area contributed by atoms with Gasteiger partial charge in [0.2, 0.25) is 0 Å². The molecule has 0 aliphatic rings. The van der Waals surface area contributed by atoms with Gasteiger partial charge < -0.3 is 11.5 Å². The van der Waals surface area contributed by atoms with Gasteiger partial charge in [-0.25, -0.2) is 15.0 Å². The SMILES string of the molecule is Nc1ccc(Sc2ccc(-c3nc(-c4ccc(Sc5ccccc5)cc4)nc(-c4ccc(Sc5ccc(N)cc5)cc4)n3)cc2)cc1. The summed E-state index contributed by atoms with van der Waals surface area (Å²) in [5, 5.41) is 0. The summed E-state index contributed by atoms with van der Waals surface area (Å²) in [5.74, 6) is 1.87. The lowest BCUT2D eigenvalue weighted by Gasteiger charge is -2.10. The number of nitrogens with zero attached hydrogens (tertiary/aromatic N) is 3. The smallest absolute Gasteiger partial charge is 0.164 e. The van der Waals surface area contributed by atoms with Gasteiger partial charge in [0.1, 0.15) is 0 Å². The fourth-order valence-corrected chi connectivity index (χ4v) is 7.22. The number of benzene rings is 6. The van der Waals surface area contributed by atoms with Crippen molar-refractivity contribution in [1.82, 2.24) is 15.0 Å². The lowest BCUT2D eigenvalue weighted by Crippen LogP contribution is -2.00. The number of rotatable bonds is 9. The highest BCUT2D eigenvalue weighted by atomic mass is 32.2. The van der Waals surface area contributed by atoms with Gasteiger partial charge in [-0.1, -0.05) is 89.9 Å². The Morgan fingerprint density at radius 2 is 0.553 bits per heavy atom. The van der Waals surface area contributed by atoms with Crippen molar-refractivity contribution >= 4 is 46.7 Å². The Balaban J connectivity index is 1.19. The minimum Gasteiger partial charge on any atom is -0.399 e. The molecule has 5 nitrogen and oxygen atoms in total. The van der Waals surface area contributed by atoms with Crippen LogP contribution >= 0.6 is 35.3 Å². The Bertz CT molecular complexity index is 1980. The summed E-state index contributed by atoms with van der Waals surface area (Å²) in [6, 6.07) is 51.2. The van der Waals surface area contributed by atoms with Crippen molar-refractivity contribution in [1.29, 1.82) is 0 Å². The zero-order valence-electron chi connectivity index (χ0n) is 25.2. The first-order valence-electron chi connectivity index (χ1n) is 14.9. The molecule has 228 valence electrons. The molecule has 0 radical (unpaired) electrons. The number of nitrogens with two attached hydrogens (primary N) is 2. The fourth-order valence-electron chi connectivity index (χ4n) is 4.75. The van der Waals surface area contributed by atoms with Crippen molar-refractivity contribution in [3.63, 3.8) is 0 Å². The van der Waals surface area contributed by atoms with Crippen LogP contribution in [0.25, 0.3) is 34.2 Å². The van der Waals surface area contributed by atoms with E-state index in [9.17, 15) is 0 Å². The molecule has 1 heterocycles. The van der Waals surface area contributed by atoms with E-state index in [1.54, 1.807) is 35.3 Å². The summed E-state index contributed by atoms with van der Waals surface area (Å²) in [6.45, 7) is 0. The van der Waals surface area contributed by atoms with Crippen LogP contribution in [0.2, 0.25) is 0 Å². The molecule has 7 aromatic rings. The maximum atomic E-state index is 5.86. The van der Waals surface area contributed by atoms with Crippen molar-refractivity contribution < 1.29 is 0 Å². The normalized spacial score (nSPS) is 11.0. The summed E-state index contributed by atoms with van der Waals surface area (Å²) in [6.07, 6.45) is 0. The predicted molar refractivity (Wildman–Crippen MR) is 197 cm³/mol. The zero-order chi connectivity index (χ0) is 32.0. The third kappa shape index (κ3) is 7.86. The molecule has 0 unspecified atom stereocenters. The van der Waals surface area contributed by atoms with Gasteiger partial charge >= 0.3 is 0 Å². The van der Waals surface area contributed by atoms with Gasteiger partial charge in [0.15, 0.2) is 17.5 Å². The molecule has 0 aliphatic heterocycles. The molecule has 0 fully saturated rings. The van der Waals surface area contributed by atoms with Crippen molar-refractivity contribution in [3.05, 3.63) is 152 Å². The number of anilines is 2. The van der Waals surface area contributed by atoms with Gasteiger partial charge in [0, 0.05) is 57.4 Å². The molecule has 0 atom stereocenters. The van der Waals surface area contributed by atoms with Crippen LogP contribution in [0.5, 0.6) is 0 Å². The largest absolute Gasteiger partial charge is 0.399 e. The lowest BCUT2D eigenvalue weighted by molar-refractivity contribution is 1.07. The third-order valence-electron chi connectivity index (χ3n) is 7.18. The molecule has 0 aliphatic carbocycles. The molecule has 8 heteroatoms. The van der Waals surface area contributed by atoms with E-state index in [0.717, 1.165) is 52.5 Å². The van der Waals surface area contributed by atoms with Crippen LogP contribution in [0, 0.1) is 0 Å². The molecule has 0 saturated heterocycles. The lowest BCUT2D eigenvalue weighted by atomic mass is 10.1. The van der Waals surface area contributed by atoms with Gasteiger partial charge in [0.25, 0.3) is 0 Å². The minimum atomic E-state index is 0.622. The van der Waals surface area contributed by atoms with Gasteiger partial charge in [-0.05, 0) is 97.1 Å². The van der Waals surface area contributed by atoms with E-state index in [-0.39, 0.29) is 0 Å². The highest BCUT2D eigenvalue weighted by molar-refractivity contribution is 7.99. The van der Waals surface area contributed by atoms with Gasteiger partial charge in [-0.15, -0.1) is 0 Å². The van der Waals surface area contributed by atoms with Gasteiger partial charge in [0.05, 0.1) is 0 Å². The van der Waals surface area contributed by atoms with Crippen molar-refractivity contribution in [2.45, 2.75) is 29.4 Å². The second-order valence-corrected chi connectivity index (χ2v) is 14.1. The zero-order valence-corrected chi connectivity index (χ0v) is 27.6. The number of aromatic nitrogens is 3. The first-order chi connectivity index (χ1) is 23.0. The van der Waals surface area contributed by atoms with Crippen LogP contribution in [-0.2, 0) is 0 Å². The summed E-state index contributed by atoms with van der Waals surface area (Å²) in [5.41, 5.74) is 16.0. The Morgan fingerprint density at radius 1 is 0.298 bits per heavy atom. The average molecular weight is 664 g/mol. The van der Waals surface area contributed by atoms with Crippen LogP contribution in [0.3, 0.4) is 0 Å². The number of nitrogen functional groups attached to an aromatic ring is 2. The number of hydrogen-bond acceptors (Lipinski definition) is 8. The standard InChI is InChI=1S/C39H29N5S3/c40-29-12-22-35(23-13-29)46-33-18-8-27(9-19-33)38-42-37(26-6-16-32(17-7-26)45-31-4-2-1-3-5-31)43-39(44-38)28-10-20-34(21-11-28)47-36-24-14-30(41)15-25-36/h1-25H,40-41H2. The van der Waals surface area contributed by atoms with Crippen LogP contribution in [0.15, 0.2) is 181 Å². The van der Waals surface area contributed by atoms with Crippen molar-refractivity contribution in [2.24, 2.45) is 0 Å². The molecule has 0 bridgehead atoms. The fraction of sp³-hybridized carbons (Fsp3) is 0. The van der Waals surface area contributed by atoms with Gasteiger partial charge in [-0.3, -0.25) is 0 Å². The molecule has 47 heavy (non-hydrogen) atoms. The van der Waals surface area contributed by atoms with Crippen LogP contribution in [-0.4, -0.2) is 15.0 Å². The molecule has 0 saturated carbocycles. The van der Waals surface area contributed by atoms with E-state index in [4.69, 9.17) is 26.4 Å². The number of hydrogen-bond donors (Lipinski definition) is 2. The van der Waals surface area contributed by atoms with E-state index >= 15 is 0 Å². The topological polar surface area (TPSA) is 90.7 Å². The van der Waals surface area contributed by atoms with E-state index in [0.29, 0.717) is 17.5 Å². The molecular formula is C39H29N5S3. The summed E-state index contributed by atoms with van der Waals surface area (Å²) >= 11 is 5.10. The summed E-state index contributed by atoms with van der Waals surface area (Å²) in [4.78, 5) is 21.7. The molecule has 1 aromatic heterocycles. The van der Waals surface area contributed by atoms with Crippen LogP contribution < -0.4 is 11.5 Å². The Morgan fingerprint density at radius 3 is 0.851 bits per heavy atom. The minimum absolute atomic E-state index is 0.622. The first kappa shape index (κ1) is 30.6. The highest BCUT2D eigenvalue weighted by Gasteiger charge is 2.13. The molecular weight excluding hydrogens is 635 g/mol. The second-order valence-electron chi connectivity index (χ2n) is 10.6. The first-order valence-corrected chi connectivity index (χ1v) is 17.4. The Kier molecular flexibility index (Phi) is 9.24. The predicted octanol–water partition coefficient (Wildman–Crippen LogP) is 10.5. The molecule has 0 amide bonds. The molecule has 7 rings (SSSR count). The molecule has 0 spiro atoms. The van der Waals surface area contributed by atoms with Crippen LogP contribution in [0.1, 0.15) is 0 Å². The summed E-state index contributed by atoms with van der Waals surface area (Å²) in [7, 11) is 0. The highest BCUT2D eigenvalue weighted by Crippen LogP contribution is 2.34. The van der Waals surface area contributed by atoms with Gasteiger partial charge in [-0.2, -0.15) is 0 Å². The Labute approximate surface area is 286 Å².